The highest BCUT2D eigenvalue weighted by atomic mass is 16.6. The first-order chi connectivity index (χ1) is 6.00. The molecule has 1 rings (SSSR count). The smallest absolute Gasteiger partial charge is 0.409 e. The summed E-state index contributed by atoms with van der Waals surface area (Å²) < 4.78 is 5.01. The van der Waals surface area contributed by atoms with Crippen LogP contribution >= 0.6 is 0 Å². The van der Waals surface area contributed by atoms with Crippen molar-refractivity contribution in [3.63, 3.8) is 0 Å². The molecule has 1 fully saturated rings. The number of amides is 2. The van der Waals surface area contributed by atoms with E-state index in [1.807, 2.05) is 6.92 Å². The van der Waals surface area contributed by atoms with Gasteiger partial charge in [-0.25, -0.2) is 4.79 Å². The first-order valence-corrected chi connectivity index (χ1v) is 4.20. The number of hydrogen-bond acceptors (Lipinski definition) is 3. The summed E-state index contributed by atoms with van der Waals surface area (Å²) in [6, 6.07) is 0. The van der Waals surface area contributed by atoms with Gasteiger partial charge in [-0.1, -0.05) is 6.92 Å². The zero-order valence-electron chi connectivity index (χ0n) is 7.82. The Morgan fingerprint density at radius 1 is 1.77 bits per heavy atom. The zero-order valence-corrected chi connectivity index (χ0v) is 7.82. The molecule has 0 aliphatic carbocycles. The molecular weight excluding hydrogens is 172 g/mol. The lowest BCUT2D eigenvalue weighted by Crippen LogP contribution is -2.46. The third-order valence-corrected chi connectivity index (χ3v) is 2.16. The summed E-state index contributed by atoms with van der Waals surface area (Å²) in [5.41, 5.74) is 5.02. The van der Waals surface area contributed by atoms with Crippen LogP contribution in [-0.2, 0) is 9.53 Å². The molecular formula is C8H14N2O3. The molecule has 2 amide bonds. The zero-order chi connectivity index (χ0) is 10.0. The molecule has 74 valence electrons. The van der Waals surface area contributed by atoms with Gasteiger partial charge in [0.05, 0.1) is 6.42 Å². The summed E-state index contributed by atoms with van der Waals surface area (Å²) in [4.78, 5) is 23.2. The second-order valence-corrected chi connectivity index (χ2v) is 3.45. The number of ether oxygens (including phenoxy) is 1. The Morgan fingerprint density at radius 2 is 2.38 bits per heavy atom. The topological polar surface area (TPSA) is 72.6 Å². The average molecular weight is 186 g/mol. The molecule has 5 heteroatoms. The van der Waals surface area contributed by atoms with Crippen LogP contribution in [-0.4, -0.2) is 36.6 Å². The molecule has 5 nitrogen and oxygen atoms in total. The van der Waals surface area contributed by atoms with Crippen LogP contribution in [0.15, 0.2) is 0 Å². The maximum absolute atomic E-state index is 11.1. The maximum atomic E-state index is 11.1. The Morgan fingerprint density at radius 3 is 2.92 bits per heavy atom. The Hall–Kier alpha value is -1.26. The van der Waals surface area contributed by atoms with E-state index in [9.17, 15) is 9.59 Å². The summed E-state index contributed by atoms with van der Waals surface area (Å²) in [7, 11) is 1.67. The summed E-state index contributed by atoms with van der Waals surface area (Å²) in [5, 5.41) is 0. The predicted molar refractivity (Wildman–Crippen MR) is 45.9 cm³/mol. The molecule has 0 spiro atoms. The fourth-order valence-corrected chi connectivity index (χ4v) is 1.40. The molecule has 0 unspecified atom stereocenters. The summed E-state index contributed by atoms with van der Waals surface area (Å²) >= 11 is 0. The van der Waals surface area contributed by atoms with Crippen molar-refractivity contribution < 1.29 is 14.3 Å². The molecule has 1 aliphatic rings. The van der Waals surface area contributed by atoms with Gasteiger partial charge >= 0.3 is 6.09 Å². The fraction of sp³-hybridized carbons (Fsp3) is 0.750. The number of carbonyl (C=O) groups is 2. The normalized spacial score (nSPS) is 28.5. The second kappa shape index (κ2) is 3.64. The summed E-state index contributed by atoms with van der Waals surface area (Å²) in [5.74, 6) is -0.288. The Kier molecular flexibility index (Phi) is 2.75. The molecule has 0 aromatic rings. The van der Waals surface area contributed by atoms with Crippen molar-refractivity contribution >= 4 is 12.0 Å². The van der Waals surface area contributed by atoms with Crippen LogP contribution in [0.4, 0.5) is 4.79 Å². The quantitative estimate of drug-likeness (QED) is 0.657. The SMILES string of the molecule is C[C@@H]1CN(C)C(=O)O[C@H]1CC(N)=O. The van der Waals surface area contributed by atoms with E-state index in [2.05, 4.69) is 0 Å². The predicted octanol–water partition coefficient (Wildman–Crippen LogP) is -0.0515. The van der Waals surface area contributed by atoms with Gasteiger partial charge in [-0.3, -0.25) is 4.79 Å². The molecule has 0 aromatic carbocycles. The molecule has 0 aromatic heterocycles. The van der Waals surface area contributed by atoms with Gasteiger partial charge in [0.1, 0.15) is 6.10 Å². The van der Waals surface area contributed by atoms with Crippen LogP contribution in [0.25, 0.3) is 0 Å². The van der Waals surface area contributed by atoms with E-state index in [1.54, 1.807) is 7.05 Å². The standard InChI is InChI=1S/C8H14N2O3/c1-5-4-10(2)8(12)13-6(5)3-7(9)11/h5-6H,3-4H2,1-2H3,(H2,9,11)/t5-,6+/m1/s1. The van der Waals surface area contributed by atoms with Gasteiger partial charge in [0.2, 0.25) is 5.91 Å². The number of hydrogen-bond donors (Lipinski definition) is 1. The van der Waals surface area contributed by atoms with Crippen molar-refractivity contribution in [2.75, 3.05) is 13.6 Å². The van der Waals surface area contributed by atoms with E-state index in [4.69, 9.17) is 10.5 Å². The lowest BCUT2D eigenvalue weighted by Gasteiger charge is -2.33. The number of nitrogens with zero attached hydrogens (tertiary/aromatic N) is 1. The van der Waals surface area contributed by atoms with Crippen LogP contribution in [0.3, 0.4) is 0 Å². The number of cyclic esters (lactones) is 1. The van der Waals surface area contributed by atoms with E-state index in [1.165, 1.54) is 4.90 Å². The minimum Gasteiger partial charge on any atom is -0.445 e. The summed E-state index contributed by atoms with van der Waals surface area (Å²) in [6.45, 7) is 2.54. The van der Waals surface area contributed by atoms with Gasteiger partial charge in [-0.05, 0) is 0 Å². The third kappa shape index (κ3) is 2.34. The van der Waals surface area contributed by atoms with E-state index in [0.29, 0.717) is 6.54 Å². The first kappa shape index (κ1) is 9.83. The highest BCUT2D eigenvalue weighted by molar-refractivity contribution is 5.75. The molecule has 2 N–H and O–H groups in total. The van der Waals surface area contributed by atoms with Gasteiger partial charge < -0.3 is 15.4 Å². The maximum Gasteiger partial charge on any atom is 0.409 e. The molecule has 2 atom stereocenters. The largest absolute Gasteiger partial charge is 0.445 e. The van der Waals surface area contributed by atoms with Gasteiger partial charge in [0, 0.05) is 19.5 Å². The molecule has 1 saturated heterocycles. The molecule has 13 heavy (non-hydrogen) atoms. The lowest BCUT2D eigenvalue weighted by molar-refractivity contribution is -0.121. The monoisotopic (exact) mass is 186 g/mol. The molecule has 0 radical (unpaired) electrons. The van der Waals surface area contributed by atoms with E-state index in [0.717, 1.165) is 0 Å². The Labute approximate surface area is 76.8 Å². The van der Waals surface area contributed by atoms with Crippen LogP contribution in [0.1, 0.15) is 13.3 Å². The van der Waals surface area contributed by atoms with Crippen molar-refractivity contribution in [1.82, 2.24) is 4.90 Å². The molecule has 1 heterocycles. The van der Waals surface area contributed by atoms with Crippen molar-refractivity contribution in [2.24, 2.45) is 11.7 Å². The van der Waals surface area contributed by atoms with Gasteiger partial charge in [-0.2, -0.15) is 0 Å². The van der Waals surface area contributed by atoms with E-state index < -0.39 is 5.91 Å². The van der Waals surface area contributed by atoms with Crippen molar-refractivity contribution in [1.29, 1.82) is 0 Å². The average Bonchev–Trinajstić information content (AvgIpc) is 1.99. The fourth-order valence-electron chi connectivity index (χ4n) is 1.40. The van der Waals surface area contributed by atoms with Crippen molar-refractivity contribution in [2.45, 2.75) is 19.4 Å². The van der Waals surface area contributed by atoms with E-state index >= 15 is 0 Å². The Bertz CT molecular complexity index is 229. The van der Waals surface area contributed by atoms with Gasteiger partial charge in [0.15, 0.2) is 0 Å². The number of primary amides is 1. The van der Waals surface area contributed by atoms with Crippen LogP contribution in [0, 0.1) is 5.92 Å². The molecule has 0 bridgehead atoms. The highest BCUT2D eigenvalue weighted by Crippen LogP contribution is 2.18. The Balaban J connectivity index is 2.56. The molecule has 1 aliphatic heterocycles. The number of nitrogens with two attached hydrogens (primary N) is 1. The van der Waals surface area contributed by atoms with Crippen LogP contribution in [0.2, 0.25) is 0 Å². The molecule has 0 saturated carbocycles. The van der Waals surface area contributed by atoms with Gasteiger partial charge in [0.25, 0.3) is 0 Å². The van der Waals surface area contributed by atoms with Crippen molar-refractivity contribution in [3.05, 3.63) is 0 Å². The number of carbonyl (C=O) groups excluding carboxylic acids is 2. The third-order valence-electron chi connectivity index (χ3n) is 2.16. The van der Waals surface area contributed by atoms with Crippen LogP contribution in [0.5, 0.6) is 0 Å². The number of rotatable bonds is 2. The minimum absolute atomic E-state index is 0.112. The summed E-state index contributed by atoms with van der Waals surface area (Å²) in [6.07, 6.45) is -0.633. The van der Waals surface area contributed by atoms with Crippen molar-refractivity contribution in [3.8, 4) is 0 Å². The van der Waals surface area contributed by atoms with E-state index in [-0.39, 0.29) is 24.5 Å². The highest BCUT2D eigenvalue weighted by Gasteiger charge is 2.31. The van der Waals surface area contributed by atoms with Crippen LogP contribution < -0.4 is 5.73 Å². The minimum atomic E-state index is -0.436. The second-order valence-electron chi connectivity index (χ2n) is 3.45. The van der Waals surface area contributed by atoms with Gasteiger partial charge in [-0.15, -0.1) is 0 Å². The first-order valence-electron chi connectivity index (χ1n) is 4.20. The lowest BCUT2D eigenvalue weighted by atomic mass is 10.00.